The van der Waals surface area contributed by atoms with Gasteiger partial charge in [-0.3, -0.25) is 4.57 Å². The number of aromatic nitrogens is 2. The monoisotopic (exact) mass is 537 g/mol. The van der Waals surface area contributed by atoms with Gasteiger partial charge in [-0.25, -0.2) is 46.5 Å². The predicted octanol–water partition coefficient (Wildman–Crippen LogP) is 4.48. The van der Waals surface area contributed by atoms with Gasteiger partial charge in [-0.15, -0.1) is 17.7 Å². The second-order valence-corrected chi connectivity index (χ2v) is 6.13. The molecule has 140 valence electrons. The minimum atomic E-state index is 0. The van der Waals surface area contributed by atoms with Crippen molar-refractivity contribution in [3.05, 3.63) is 104 Å². The SMILES string of the molecule is Cc1ccc(-c2[c-]cc[c-]c2-c2[c-]cccc2)[c-]c1-c1nccc[n+]1C.[B].[CH3-].[Y+3].[Y]. The fourth-order valence-corrected chi connectivity index (χ4v) is 3.00. The van der Waals surface area contributed by atoms with E-state index in [-0.39, 0.29) is 81.3 Å². The number of aryl methyl sites for hydroxylation is 2. The molecule has 0 amide bonds. The van der Waals surface area contributed by atoms with Crippen molar-refractivity contribution in [3.8, 4) is 33.6 Å². The summed E-state index contributed by atoms with van der Waals surface area (Å²) in [6.45, 7) is 2.08. The van der Waals surface area contributed by atoms with Crippen molar-refractivity contribution in [3.63, 3.8) is 0 Å². The third-order valence-corrected chi connectivity index (χ3v) is 4.34. The van der Waals surface area contributed by atoms with Crippen LogP contribution in [0.2, 0.25) is 0 Å². The van der Waals surface area contributed by atoms with E-state index in [2.05, 4.69) is 48.3 Å². The minimum Gasteiger partial charge on any atom is -0.358 e. The van der Waals surface area contributed by atoms with Crippen molar-refractivity contribution in [2.75, 3.05) is 0 Å². The first-order chi connectivity index (χ1) is 12.7. The first-order valence-electron chi connectivity index (χ1n) is 8.48. The average molecular weight is 537 g/mol. The molecule has 0 saturated heterocycles. The summed E-state index contributed by atoms with van der Waals surface area (Å²) >= 11 is 0. The van der Waals surface area contributed by atoms with Gasteiger partial charge in [-0.05, 0) is 5.56 Å². The van der Waals surface area contributed by atoms with Crippen molar-refractivity contribution < 1.29 is 70.0 Å². The second kappa shape index (κ2) is 13.4. The van der Waals surface area contributed by atoms with E-state index in [4.69, 9.17) is 0 Å². The Balaban J connectivity index is 0.00000210. The molecule has 0 atom stereocenters. The molecule has 4 radical (unpaired) electrons. The van der Waals surface area contributed by atoms with Crippen LogP contribution < -0.4 is 4.57 Å². The number of nitrogens with zero attached hydrogens (tertiary/aromatic N) is 2. The van der Waals surface area contributed by atoms with Gasteiger partial charge in [0.25, 0.3) is 5.82 Å². The summed E-state index contributed by atoms with van der Waals surface area (Å²) < 4.78 is 2.01. The van der Waals surface area contributed by atoms with Crippen molar-refractivity contribution in [2.45, 2.75) is 6.92 Å². The molecule has 0 unspecified atom stereocenters. The molecule has 30 heavy (non-hydrogen) atoms. The normalized spacial score (nSPS) is 9.27. The van der Waals surface area contributed by atoms with Crippen LogP contribution in [0.15, 0.2) is 67.0 Å². The van der Waals surface area contributed by atoms with E-state index < -0.39 is 0 Å². The van der Waals surface area contributed by atoms with Crippen LogP contribution in [0.1, 0.15) is 5.56 Å². The molecule has 1 aromatic heterocycles. The Morgan fingerprint density at radius 1 is 0.833 bits per heavy atom. The first-order valence-corrected chi connectivity index (χ1v) is 8.48. The van der Waals surface area contributed by atoms with Crippen molar-refractivity contribution >= 4 is 8.41 Å². The summed E-state index contributed by atoms with van der Waals surface area (Å²) in [5.41, 5.74) is 6.04. The van der Waals surface area contributed by atoms with Crippen molar-refractivity contribution in [1.29, 1.82) is 0 Å². The molecule has 0 bridgehead atoms. The van der Waals surface area contributed by atoms with Crippen LogP contribution in [0.4, 0.5) is 0 Å². The topological polar surface area (TPSA) is 16.8 Å². The average Bonchev–Trinajstić information content (AvgIpc) is 2.70. The number of rotatable bonds is 3. The molecule has 0 aliphatic carbocycles. The molecule has 0 aliphatic rings. The largest absolute Gasteiger partial charge is 3.00 e. The number of hydrogen-bond acceptors (Lipinski definition) is 1. The second-order valence-electron chi connectivity index (χ2n) is 6.13. The zero-order valence-electron chi connectivity index (χ0n) is 17.5. The van der Waals surface area contributed by atoms with Crippen molar-refractivity contribution in [2.24, 2.45) is 7.05 Å². The van der Waals surface area contributed by atoms with Crippen LogP contribution in [0.25, 0.3) is 33.6 Å². The van der Waals surface area contributed by atoms with Gasteiger partial charge in [0.15, 0.2) is 0 Å². The fraction of sp³-hybridized carbons (Fsp3) is 0.0800. The Bertz CT molecular complexity index is 1070. The van der Waals surface area contributed by atoms with Crippen LogP contribution in [-0.2, 0) is 72.5 Å². The standard InChI is InChI=1S/C24H17N2.CH3.B.2Y/c1-18-13-14-20(17-23(18)24-25-15-8-16-26(24)2)22-12-7-6-11-21(22)19-9-4-3-5-10-19;;;;/h3-9,13-16H,1-2H3;1H3;;;/q-3;-1;;;+3. The van der Waals surface area contributed by atoms with E-state index in [1.807, 2.05) is 66.5 Å². The molecule has 1 heterocycles. The van der Waals surface area contributed by atoms with Gasteiger partial charge >= 0.3 is 32.7 Å². The molecular formula is C25H20BN2Y2-. The van der Waals surface area contributed by atoms with Gasteiger partial charge in [-0.1, -0.05) is 11.9 Å². The summed E-state index contributed by atoms with van der Waals surface area (Å²) in [5, 5.41) is 0. The van der Waals surface area contributed by atoms with E-state index in [0.717, 1.165) is 39.2 Å². The maximum absolute atomic E-state index is 4.53. The summed E-state index contributed by atoms with van der Waals surface area (Å²) in [4.78, 5) is 4.53. The molecule has 2 nitrogen and oxygen atoms in total. The van der Waals surface area contributed by atoms with Crippen LogP contribution in [-0.4, -0.2) is 13.4 Å². The van der Waals surface area contributed by atoms with Gasteiger partial charge in [0.05, 0.1) is 13.2 Å². The molecule has 4 aromatic rings. The Kier molecular flexibility index (Phi) is 13.0. The van der Waals surface area contributed by atoms with E-state index in [9.17, 15) is 0 Å². The Hall–Kier alpha value is -0.987. The molecule has 0 N–H and O–H groups in total. The van der Waals surface area contributed by atoms with E-state index in [1.165, 1.54) is 0 Å². The molecule has 0 aliphatic heterocycles. The molecule has 4 rings (SSSR count). The molecule has 5 heteroatoms. The Morgan fingerprint density at radius 2 is 1.53 bits per heavy atom. The summed E-state index contributed by atoms with van der Waals surface area (Å²) in [5.74, 6) is 0.889. The number of hydrogen-bond donors (Lipinski definition) is 0. The fourth-order valence-electron chi connectivity index (χ4n) is 3.00. The summed E-state index contributed by atoms with van der Waals surface area (Å²) in [6, 6.07) is 31.3. The van der Waals surface area contributed by atoms with E-state index in [1.54, 1.807) is 0 Å². The van der Waals surface area contributed by atoms with Crippen LogP contribution in [0, 0.1) is 38.6 Å². The van der Waals surface area contributed by atoms with Gasteiger partial charge in [0, 0.05) is 47.2 Å². The van der Waals surface area contributed by atoms with E-state index in [0.29, 0.717) is 0 Å². The Labute approximate surface area is 232 Å². The molecule has 0 spiro atoms. The molecule has 3 aromatic carbocycles. The van der Waals surface area contributed by atoms with Crippen LogP contribution >= 0.6 is 0 Å². The summed E-state index contributed by atoms with van der Waals surface area (Å²) in [7, 11) is 2.00. The third kappa shape index (κ3) is 6.27. The summed E-state index contributed by atoms with van der Waals surface area (Å²) in [6.07, 6.45) is 3.80. The first kappa shape index (κ1) is 29.0. The van der Waals surface area contributed by atoms with Gasteiger partial charge in [-0.2, -0.15) is 36.4 Å². The zero-order chi connectivity index (χ0) is 17.9. The van der Waals surface area contributed by atoms with Gasteiger partial charge in [0.1, 0.15) is 6.20 Å². The maximum atomic E-state index is 4.53. The maximum Gasteiger partial charge on any atom is 3.00 e. The van der Waals surface area contributed by atoms with Gasteiger partial charge < -0.3 is 7.43 Å². The van der Waals surface area contributed by atoms with Crippen molar-refractivity contribution in [1.82, 2.24) is 4.98 Å². The van der Waals surface area contributed by atoms with Gasteiger partial charge in [0.2, 0.25) is 0 Å². The molecule has 0 saturated carbocycles. The Morgan fingerprint density at radius 3 is 2.17 bits per heavy atom. The van der Waals surface area contributed by atoms with Crippen LogP contribution in [0.3, 0.4) is 0 Å². The quantitative estimate of drug-likeness (QED) is 0.214. The molecular weight excluding hydrogens is 517 g/mol. The molecule has 0 fully saturated rings. The van der Waals surface area contributed by atoms with E-state index >= 15 is 0 Å². The predicted molar refractivity (Wildman–Crippen MR) is 114 cm³/mol. The minimum absolute atomic E-state index is 0. The smallest absolute Gasteiger partial charge is 0.358 e. The zero-order valence-corrected chi connectivity index (χ0v) is 23.2. The third-order valence-electron chi connectivity index (χ3n) is 4.34. The van der Waals surface area contributed by atoms with Crippen LogP contribution in [0.5, 0.6) is 0 Å². The number of benzene rings is 3.